The van der Waals surface area contributed by atoms with Gasteiger partial charge in [-0.15, -0.1) is 0 Å². The monoisotopic (exact) mass is 380 g/mol. The van der Waals surface area contributed by atoms with Crippen LogP contribution in [0.15, 0.2) is 12.2 Å². The maximum absolute atomic E-state index is 13.3. The average Bonchev–Trinajstić information content (AvgIpc) is 2.77. The molecule has 0 aromatic rings. The lowest BCUT2D eigenvalue weighted by molar-refractivity contribution is -0.438. The molecule has 0 aromatic carbocycles. The Labute approximate surface area is 157 Å². The third-order valence-corrected chi connectivity index (χ3v) is 8.88. The summed E-state index contributed by atoms with van der Waals surface area (Å²) in [5, 5.41) is 56.2. The number of ether oxygens (including phenoxy) is 1. The first-order valence-electron chi connectivity index (χ1n) is 9.83. The summed E-state index contributed by atoms with van der Waals surface area (Å²) in [6.45, 7) is 7.76. The van der Waals surface area contributed by atoms with Crippen molar-refractivity contribution in [3.63, 3.8) is 0 Å². The van der Waals surface area contributed by atoms with Gasteiger partial charge in [0.15, 0.2) is 0 Å². The highest BCUT2D eigenvalue weighted by atomic mass is 16.7. The summed E-state index contributed by atoms with van der Waals surface area (Å²) >= 11 is 0. The van der Waals surface area contributed by atoms with Gasteiger partial charge in [-0.1, -0.05) is 20.4 Å². The summed E-state index contributed by atoms with van der Waals surface area (Å²) < 4.78 is 5.46. The van der Waals surface area contributed by atoms with Crippen molar-refractivity contribution in [1.82, 2.24) is 0 Å². The minimum atomic E-state index is -2.33. The van der Waals surface area contributed by atoms with Crippen LogP contribution in [0.2, 0.25) is 0 Å². The molecule has 2 saturated heterocycles. The number of rotatable bonds is 0. The average molecular weight is 380 g/mol. The van der Waals surface area contributed by atoms with Crippen molar-refractivity contribution >= 4 is 5.97 Å². The maximum atomic E-state index is 13.3. The van der Waals surface area contributed by atoms with Crippen molar-refractivity contribution in [3.8, 4) is 0 Å². The van der Waals surface area contributed by atoms with E-state index in [1.807, 2.05) is 13.8 Å². The van der Waals surface area contributed by atoms with Gasteiger partial charge in [0.25, 0.3) is 0 Å². The first-order valence-corrected chi connectivity index (χ1v) is 9.83. The van der Waals surface area contributed by atoms with Crippen LogP contribution in [0.25, 0.3) is 0 Å². The van der Waals surface area contributed by atoms with Gasteiger partial charge in [-0.2, -0.15) is 0 Å². The third-order valence-electron chi connectivity index (χ3n) is 8.88. The normalized spacial score (nSPS) is 60.6. The zero-order chi connectivity index (χ0) is 19.7. The van der Waals surface area contributed by atoms with Gasteiger partial charge in [0.1, 0.15) is 11.5 Å². The van der Waals surface area contributed by atoms with Crippen LogP contribution in [0.4, 0.5) is 0 Å². The van der Waals surface area contributed by atoms with E-state index < -0.39 is 64.3 Å². The zero-order valence-electron chi connectivity index (χ0n) is 15.6. The summed E-state index contributed by atoms with van der Waals surface area (Å²) in [6.07, 6.45) is -3.39. The molecule has 10 atom stereocenters. The van der Waals surface area contributed by atoms with Gasteiger partial charge < -0.3 is 30.3 Å². The van der Waals surface area contributed by atoms with Crippen molar-refractivity contribution in [1.29, 1.82) is 0 Å². The van der Waals surface area contributed by atoms with Crippen LogP contribution in [0.3, 0.4) is 0 Å². The molecule has 150 valence electrons. The number of hydrogen-bond acceptors (Lipinski definition) is 7. The van der Waals surface area contributed by atoms with Crippen LogP contribution in [0.1, 0.15) is 39.5 Å². The Hall–Kier alpha value is -0.990. The van der Waals surface area contributed by atoms with Gasteiger partial charge in [0, 0.05) is 11.8 Å². The fourth-order valence-corrected chi connectivity index (χ4v) is 7.94. The van der Waals surface area contributed by atoms with Crippen LogP contribution >= 0.6 is 0 Å². The largest absolute Gasteiger partial charge is 0.429 e. The van der Waals surface area contributed by atoms with Crippen molar-refractivity contribution in [2.45, 2.75) is 69.7 Å². The Morgan fingerprint density at radius 2 is 1.81 bits per heavy atom. The number of aliphatic hydroxyl groups is 5. The molecule has 2 heterocycles. The number of aliphatic hydroxyl groups excluding tert-OH is 4. The fourth-order valence-electron chi connectivity index (χ4n) is 7.94. The second-order valence-electron chi connectivity index (χ2n) is 10.2. The van der Waals surface area contributed by atoms with Gasteiger partial charge in [-0.25, -0.2) is 0 Å². The number of carbonyl (C=O) groups excluding carboxylic acids is 1. The lowest BCUT2D eigenvalue weighted by Crippen LogP contribution is -2.86. The summed E-state index contributed by atoms with van der Waals surface area (Å²) in [5.41, 5.74) is -3.12. The van der Waals surface area contributed by atoms with Crippen LogP contribution in [-0.2, 0) is 9.53 Å². The van der Waals surface area contributed by atoms with Crippen molar-refractivity contribution in [2.24, 2.45) is 34.0 Å². The number of fused-ring (bicyclic) bond motifs is 2. The second-order valence-corrected chi connectivity index (χ2v) is 10.2. The Morgan fingerprint density at radius 3 is 2.48 bits per heavy atom. The smallest absolute Gasteiger partial charge is 0.318 e. The molecule has 6 aliphatic rings. The van der Waals surface area contributed by atoms with Crippen LogP contribution in [-0.4, -0.2) is 61.7 Å². The van der Waals surface area contributed by atoms with E-state index in [4.69, 9.17) is 4.74 Å². The lowest BCUT2D eigenvalue weighted by Gasteiger charge is -2.73. The molecule has 4 bridgehead atoms. The van der Waals surface area contributed by atoms with Gasteiger partial charge in [0.2, 0.25) is 5.79 Å². The summed E-state index contributed by atoms with van der Waals surface area (Å²) in [5.74, 6) is -5.04. The van der Waals surface area contributed by atoms with Gasteiger partial charge in [0.05, 0.1) is 23.7 Å². The molecule has 2 aliphatic heterocycles. The summed E-state index contributed by atoms with van der Waals surface area (Å²) in [4.78, 5) is 13.3. The number of carbonyl (C=O) groups is 1. The predicted molar refractivity (Wildman–Crippen MR) is 91.8 cm³/mol. The van der Waals surface area contributed by atoms with Crippen molar-refractivity contribution < 1.29 is 35.1 Å². The highest BCUT2D eigenvalue weighted by molar-refractivity contribution is 5.83. The van der Waals surface area contributed by atoms with Crippen LogP contribution in [0, 0.1) is 34.0 Å². The Balaban J connectivity index is 1.85. The van der Waals surface area contributed by atoms with E-state index in [-0.39, 0.29) is 12.3 Å². The molecule has 5 N–H and O–H groups in total. The molecule has 0 unspecified atom stereocenters. The van der Waals surface area contributed by atoms with E-state index in [1.54, 1.807) is 0 Å². The molecule has 7 heteroatoms. The third kappa shape index (κ3) is 1.56. The topological polar surface area (TPSA) is 127 Å². The molecule has 0 amide bonds. The molecule has 6 rings (SSSR count). The SMILES string of the molecule is C=C1[C@@H]2C[C@H](O)[C@H]3[C@@]45C(=O)O[C@](O)([C@@H](O)[C@@H]4C(C)(C)CC[C@@H]5O)[C@]3(C2)[C@@H]1O. The number of hydrogen-bond donors (Lipinski definition) is 5. The van der Waals surface area contributed by atoms with E-state index in [2.05, 4.69) is 6.58 Å². The Kier molecular flexibility index (Phi) is 3.19. The highest BCUT2D eigenvalue weighted by Gasteiger charge is 2.88. The first-order chi connectivity index (χ1) is 12.5. The maximum Gasteiger partial charge on any atom is 0.318 e. The van der Waals surface area contributed by atoms with Crippen LogP contribution in [0.5, 0.6) is 0 Å². The molecule has 2 spiro atoms. The van der Waals surface area contributed by atoms with E-state index >= 15 is 0 Å². The quantitative estimate of drug-likeness (QED) is 0.288. The van der Waals surface area contributed by atoms with Gasteiger partial charge in [-0.05, 0) is 42.6 Å². The molecule has 6 fully saturated rings. The van der Waals surface area contributed by atoms with Crippen molar-refractivity contribution in [2.75, 3.05) is 0 Å². The first kappa shape index (κ1) is 18.1. The molecule has 7 nitrogen and oxygen atoms in total. The minimum absolute atomic E-state index is 0.232. The molecule has 0 radical (unpaired) electrons. The highest BCUT2D eigenvalue weighted by Crippen LogP contribution is 2.77. The van der Waals surface area contributed by atoms with E-state index in [0.717, 1.165) is 0 Å². The zero-order valence-corrected chi connectivity index (χ0v) is 15.6. The summed E-state index contributed by atoms with van der Waals surface area (Å²) in [6, 6.07) is 0. The second kappa shape index (κ2) is 4.76. The van der Waals surface area contributed by atoms with E-state index in [0.29, 0.717) is 24.8 Å². The molecule has 27 heavy (non-hydrogen) atoms. The summed E-state index contributed by atoms with van der Waals surface area (Å²) in [7, 11) is 0. The van der Waals surface area contributed by atoms with Gasteiger partial charge >= 0.3 is 5.97 Å². The van der Waals surface area contributed by atoms with Gasteiger partial charge in [-0.3, -0.25) is 4.79 Å². The van der Waals surface area contributed by atoms with E-state index in [1.165, 1.54) is 0 Å². The predicted octanol–water partition coefficient (Wildman–Crippen LogP) is -0.306. The lowest BCUT2D eigenvalue weighted by atomic mass is 9.35. The molecule has 0 aromatic heterocycles. The fraction of sp³-hybridized carbons (Fsp3) is 0.850. The Morgan fingerprint density at radius 1 is 1.15 bits per heavy atom. The molecular formula is C20H28O7. The standard InChI is InChI=1S/C20H28O7/c1-8-9-6-10(21)12-18(7-9,14(8)23)20(26)15(24)13-17(2,3)5-4-11(22)19(12,13)16(25)27-20/h9-15,21-24,26H,1,4-7H2,2-3H3/t9-,10+,11+,12-,13-,14-,15+,18+,19-,20-/m1/s1. The van der Waals surface area contributed by atoms with E-state index in [9.17, 15) is 30.3 Å². The number of esters is 1. The molecular weight excluding hydrogens is 352 g/mol. The Bertz CT molecular complexity index is 749. The van der Waals surface area contributed by atoms with Crippen molar-refractivity contribution in [3.05, 3.63) is 12.2 Å². The minimum Gasteiger partial charge on any atom is -0.429 e. The molecule has 4 aliphatic carbocycles. The molecule has 4 saturated carbocycles. The van der Waals surface area contributed by atoms with Crippen LogP contribution < -0.4 is 0 Å².